The van der Waals surface area contributed by atoms with Crippen LogP contribution in [0.3, 0.4) is 0 Å². The number of methoxy groups -OCH3 is 1. The van der Waals surface area contributed by atoms with Gasteiger partial charge in [0.2, 0.25) is 0 Å². The summed E-state index contributed by atoms with van der Waals surface area (Å²) in [6, 6.07) is 0. The standard InChI is InChI=1S/C17H24N4O3/c1-4-12-8-18-19-15(12)13-6-5-7-21(9-13)17(22)16-14(10-23-3)11(2)24-20-16/h8,13H,4-7,9-10H2,1-3H3,(H,18,19)/t13-/m1/s1. The number of carbonyl (C=O) groups is 1. The minimum atomic E-state index is -0.0823. The van der Waals surface area contributed by atoms with E-state index < -0.39 is 0 Å². The Morgan fingerprint density at radius 3 is 3.12 bits per heavy atom. The molecule has 0 unspecified atom stereocenters. The van der Waals surface area contributed by atoms with Crippen LogP contribution in [0.25, 0.3) is 0 Å². The second-order valence-corrected chi connectivity index (χ2v) is 6.25. The topological polar surface area (TPSA) is 84.3 Å². The third-order valence-electron chi connectivity index (χ3n) is 4.73. The van der Waals surface area contributed by atoms with Gasteiger partial charge in [0, 0.05) is 31.8 Å². The number of H-pyrrole nitrogens is 1. The van der Waals surface area contributed by atoms with Gasteiger partial charge in [0.05, 0.1) is 18.4 Å². The van der Waals surface area contributed by atoms with Gasteiger partial charge in [-0.15, -0.1) is 0 Å². The molecule has 0 bridgehead atoms. The molecule has 0 saturated carbocycles. The monoisotopic (exact) mass is 332 g/mol. The van der Waals surface area contributed by atoms with Crippen molar-refractivity contribution in [1.82, 2.24) is 20.3 Å². The van der Waals surface area contributed by atoms with Crippen molar-refractivity contribution in [3.63, 3.8) is 0 Å². The molecular weight excluding hydrogens is 308 g/mol. The van der Waals surface area contributed by atoms with Crippen LogP contribution in [0.1, 0.15) is 58.8 Å². The number of amides is 1. The molecule has 0 aliphatic carbocycles. The Bertz CT molecular complexity index is 707. The Labute approximate surface area is 141 Å². The van der Waals surface area contributed by atoms with E-state index in [9.17, 15) is 4.79 Å². The normalized spacial score (nSPS) is 18.1. The summed E-state index contributed by atoms with van der Waals surface area (Å²) in [5.74, 6) is 0.843. The third-order valence-corrected chi connectivity index (χ3v) is 4.73. The van der Waals surface area contributed by atoms with E-state index in [2.05, 4.69) is 22.3 Å². The molecule has 1 saturated heterocycles. The fourth-order valence-corrected chi connectivity index (χ4v) is 3.38. The van der Waals surface area contributed by atoms with E-state index in [4.69, 9.17) is 9.26 Å². The van der Waals surface area contributed by atoms with E-state index in [1.165, 1.54) is 5.56 Å². The summed E-state index contributed by atoms with van der Waals surface area (Å²) in [7, 11) is 1.60. The lowest BCUT2D eigenvalue weighted by molar-refractivity contribution is 0.0691. The fraction of sp³-hybridized carbons (Fsp3) is 0.588. The number of piperidine rings is 1. The summed E-state index contributed by atoms with van der Waals surface area (Å²) in [6.45, 7) is 5.66. The number of hydrogen-bond acceptors (Lipinski definition) is 5. The largest absolute Gasteiger partial charge is 0.380 e. The van der Waals surface area contributed by atoms with Gasteiger partial charge < -0.3 is 14.2 Å². The van der Waals surface area contributed by atoms with Crippen molar-refractivity contribution in [3.05, 3.63) is 34.5 Å². The van der Waals surface area contributed by atoms with Gasteiger partial charge in [-0.2, -0.15) is 5.10 Å². The molecule has 0 aromatic carbocycles. The van der Waals surface area contributed by atoms with Crippen LogP contribution in [-0.2, 0) is 17.8 Å². The Balaban J connectivity index is 1.78. The average Bonchev–Trinajstić information content (AvgIpc) is 3.22. The lowest BCUT2D eigenvalue weighted by atomic mass is 9.91. The first kappa shape index (κ1) is 16.7. The van der Waals surface area contributed by atoms with Crippen molar-refractivity contribution >= 4 is 5.91 Å². The smallest absolute Gasteiger partial charge is 0.276 e. The molecule has 130 valence electrons. The van der Waals surface area contributed by atoms with E-state index in [0.29, 0.717) is 30.5 Å². The molecule has 24 heavy (non-hydrogen) atoms. The van der Waals surface area contributed by atoms with Crippen molar-refractivity contribution in [3.8, 4) is 0 Å². The Hall–Kier alpha value is -2.15. The molecule has 2 aromatic rings. The molecule has 2 aromatic heterocycles. The maximum atomic E-state index is 12.9. The number of ether oxygens (including phenoxy) is 1. The summed E-state index contributed by atoms with van der Waals surface area (Å²) >= 11 is 0. The second kappa shape index (κ2) is 7.17. The van der Waals surface area contributed by atoms with Crippen molar-refractivity contribution < 1.29 is 14.1 Å². The molecule has 1 N–H and O–H groups in total. The fourth-order valence-electron chi connectivity index (χ4n) is 3.38. The van der Waals surface area contributed by atoms with Gasteiger partial charge in [0.1, 0.15) is 5.76 Å². The first-order valence-electron chi connectivity index (χ1n) is 8.41. The molecule has 0 radical (unpaired) electrons. The van der Waals surface area contributed by atoms with Gasteiger partial charge in [0.15, 0.2) is 5.69 Å². The molecule has 0 spiro atoms. The van der Waals surface area contributed by atoms with Crippen LogP contribution in [0, 0.1) is 6.92 Å². The highest BCUT2D eigenvalue weighted by Gasteiger charge is 2.30. The minimum absolute atomic E-state index is 0.0823. The first-order chi connectivity index (χ1) is 11.7. The number of likely N-dealkylation sites (tertiary alicyclic amines) is 1. The molecule has 3 heterocycles. The third kappa shape index (κ3) is 3.08. The molecule has 3 rings (SSSR count). The molecular formula is C17H24N4O3. The zero-order valence-corrected chi connectivity index (χ0v) is 14.5. The summed E-state index contributed by atoms with van der Waals surface area (Å²) < 4.78 is 10.4. The highest BCUT2D eigenvalue weighted by atomic mass is 16.5. The number of aromatic amines is 1. The molecule has 1 atom stereocenters. The van der Waals surface area contributed by atoms with Crippen LogP contribution in [0.5, 0.6) is 0 Å². The predicted molar refractivity (Wildman–Crippen MR) is 87.8 cm³/mol. The van der Waals surface area contributed by atoms with Gasteiger partial charge in [0.25, 0.3) is 5.91 Å². The van der Waals surface area contributed by atoms with Crippen molar-refractivity contribution in [1.29, 1.82) is 0 Å². The predicted octanol–water partition coefficient (Wildman–Crippen LogP) is 2.43. The minimum Gasteiger partial charge on any atom is -0.380 e. The van der Waals surface area contributed by atoms with Gasteiger partial charge in [-0.3, -0.25) is 9.89 Å². The number of hydrogen-bond donors (Lipinski definition) is 1. The zero-order chi connectivity index (χ0) is 17.1. The van der Waals surface area contributed by atoms with Crippen molar-refractivity contribution in [2.24, 2.45) is 0 Å². The van der Waals surface area contributed by atoms with Crippen LogP contribution in [0.2, 0.25) is 0 Å². The average molecular weight is 332 g/mol. The zero-order valence-electron chi connectivity index (χ0n) is 14.5. The summed E-state index contributed by atoms with van der Waals surface area (Å²) in [5, 5.41) is 11.2. The van der Waals surface area contributed by atoms with E-state index in [-0.39, 0.29) is 5.91 Å². The van der Waals surface area contributed by atoms with Gasteiger partial charge >= 0.3 is 0 Å². The van der Waals surface area contributed by atoms with E-state index in [0.717, 1.165) is 37.1 Å². The Morgan fingerprint density at radius 1 is 1.54 bits per heavy atom. The van der Waals surface area contributed by atoms with E-state index in [1.807, 2.05) is 11.1 Å². The molecule has 1 amide bonds. The molecule has 1 aliphatic heterocycles. The lowest BCUT2D eigenvalue weighted by Gasteiger charge is -2.32. The maximum Gasteiger partial charge on any atom is 0.276 e. The number of aromatic nitrogens is 3. The highest BCUT2D eigenvalue weighted by Crippen LogP contribution is 2.29. The SMILES string of the molecule is CCc1cn[nH]c1[C@@H]1CCCN(C(=O)c2noc(C)c2COC)C1. The summed E-state index contributed by atoms with van der Waals surface area (Å²) in [5.41, 5.74) is 3.49. The molecule has 7 heteroatoms. The van der Waals surface area contributed by atoms with Crippen LogP contribution in [0.15, 0.2) is 10.7 Å². The number of carbonyl (C=O) groups excluding carboxylic acids is 1. The van der Waals surface area contributed by atoms with Crippen molar-refractivity contribution in [2.75, 3.05) is 20.2 Å². The lowest BCUT2D eigenvalue weighted by Crippen LogP contribution is -2.40. The van der Waals surface area contributed by atoms with Crippen LogP contribution in [0.4, 0.5) is 0 Å². The molecule has 1 aliphatic rings. The van der Waals surface area contributed by atoms with Crippen molar-refractivity contribution in [2.45, 2.75) is 45.6 Å². The Morgan fingerprint density at radius 2 is 2.38 bits per heavy atom. The number of nitrogens with one attached hydrogen (secondary N) is 1. The highest BCUT2D eigenvalue weighted by molar-refractivity contribution is 5.93. The van der Waals surface area contributed by atoms with Crippen LogP contribution >= 0.6 is 0 Å². The van der Waals surface area contributed by atoms with E-state index >= 15 is 0 Å². The van der Waals surface area contributed by atoms with Crippen LogP contribution in [-0.4, -0.2) is 46.4 Å². The molecule has 7 nitrogen and oxygen atoms in total. The first-order valence-corrected chi connectivity index (χ1v) is 8.41. The second-order valence-electron chi connectivity index (χ2n) is 6.25. The van der Waals surface area contributed by atoms with Crippen LogP contribution < -0.4 is 0 Å². The number of aryl methyl sites for hydroxylation is 2. The summed E-state index contributed by atoms with van der Waals surface area (Å²) in [4.78, 5) is 14.8. The van der Waals surface area contributed by atoms with Gasteiger partial charge in [-0.05, 0) is 31.7 Å². The molecule has 1 fully saturated rings. The Kier molecular flexibility index (Phi) is 4.99. The van der Waals surface area contributed by atoms with Gasteiger partial charge in [-0.1, -0.05) is 12.1 Å². The van der Waals surface area contributed by atoms with E-state index in [1.54, 1.807) is 14.0 Å². The quantitative estimate of drug-likeness (QED) is 0.909. The van der Waals surface area contributed by atoms with Gasteiger partial charge in [-0.25, -0.2) is 0 Å². The maximum absolute atomic E-state index is 12.9. The number of rotatable bonds is 5. The summed E-state index contributed by atoms with van der Waals surface area (Å²) in [6.07, 6.45) is 4.85. The number of nitrogens with zero attached hydrogens (tertiary/aromatic N) is 3.